The third-order valence-electron chi connectivity index (χ3n) is 5.09. The van der Waals surface area contributed by atoms with Crippen molar-refractivity contribution in [1.82, 2.24) is 14.5 Å². The molecule has 1 aromatic heterocycles. The van der Waals surface area contributed by atoms with Crippen molar-refractivity contribution in [2.75, 3.05) is 19.6 Å². The van der Waals surface area contributed by atoms with Crippen LogP contribution in [0.25, 0.3) is 0 Å². The Hall–Kier alpha value is -0.870. The molecule has 0 radical (unpaired) electrons. The first-order valence-electron chi connectivity index (χ1n) is 7.96. The lowest BCUT2D eigenvalue weighted by Crippen LogP contribution is -2.34. The first-order chi connectivity index (χ1) is 9.50. The van der Waals surface area contributed by atoms with Crippen LogP contribution in [0.15, 0.2) is 12.5 Å². The van der Waals surface area contributed by atoms with Crippen LogP contribution < -0.4 is 5.73 Å². The molecule has 20 heavy (non-hydrogen) atoms. The standard InChI is InChI=1S/C16H28N4/c1-16(2,3)12-6-7-19(10-12)14(8-17)15-9-18-11-20(15)13-4-5-13/h9,11-14H,4-8,10,17H2,1-3H3. The molecule has 2 fully saturated rings. The summed E-state index contributed by atoms with van der Waals surface area (Å²) in [5.41, 5.74) is 7.82. The van der Waals surface area contributed by atoms with Crippen molar-refractivity contribution in [2.45, 2.75) is 52.1 Å². The lowest BCUT2D eigenvalue weighted by molar-refractivity contribution is 0.193. The van der Waals surface area contributed by atoms with Crippen molar-refractivity contribution in [1.29, 1.82) is 0 Å². The van der Waals surface area contributed by atoms with Gasteiger partial charge in [0.2, 0.25) is 0 Å². The number of hydrogen-bond acceptors (Lipinski definition) is 3. The summed E-state index contributed by atoms with van der Waals surface area (Å²) in [6.07, 6.45) is 7.90. The lowest BCUT2D eigenvalue weighted by atomic mass is 9.80. The molecule has 4 nitrogen and oxygen atoms in total. The van der Waals surface area contributed by atoms with E-state index < -0.39 is 0 Å². The zero-order valence-corrected chi connectivity index (χ0v) is 13.0. The van der Waals surface area contributed by atoms with E-state index in [1.165, 1.54) is 38.0 Å². The van der Waals surface area contributed by atoms with Crippen molar-refractivity contribution in [2.24, 2.45) is 17.1 Å². The number of likely N-dealkylation sites (tertiary alicyclic amines) is 1. The number of nitrogens with zero attached hydrogens (tertiary/aromatic N) is 3. The zero-order chi connectivity index (χ0) is 14.3. The average molecular weight is 276 g/mol. The Morgan fingerprint density at radius 1 is 1.35 bits per heavy atom. The summed E-state index contributed by atoms with van der Waals surface area (Å²) in [7, 11) is 0. The van der Waals surface area contributed by atoms with E-state index in [0.717, 1.165) is 5.92 Å². The van der Waals surface area contributed by atoms with E-state index in [1.54, 1.807) is 0 Å². The van der Waals surface area contributed by atoms with Crippen LogP contribution in [-0.2, 0) is 0 Å². The molecule has 112 valence electrons. The van der Waals surface area contributed by atoms with Crippen LogP contribution in [0.2, 0.25) is 0 Å². The highest BCUT2D eigenvalue weighted by molar-refractivity contribution is 5.11. The van der Waals surface area contributed by atoms with Crippen LogP contribution in [0.4, 0.5) is 0 Å². The van der Waals surface area contributed by atoms with Crippen LogP contribution in [0.3, 0.4) is 0 Å². The molecule has 0 amide bonds. The zero-order valence-electron chi connectivity index (χ0n) is 13.0. The molecule has 0 spiro atoms. The molecule has 0 bridgehead atoms. The number of aromatic nitrogens is 2. The topological polar surface area (TPSA) is 47.1 Å². The van der Waals surface area contributed by atoms with Gasteiger partial charge in [0.05, 0.1) is 18.1 Å². The third kappa shape index (κ3) is 2.63. The van der Waals surface area contributed by atoms with Crippen LogP contribution >= 0.6 is 0 Å². The Morgan fingerprint density at radius 3 is 2.65 bits per heavy atom. The van der Waals surface area contributed by atoms with Gasteiger partial charge in [-0.1, -0.05) is 20.8 Å². The van der Waals surface area contributed by atoms with Gasteiger partial charge in [-0.15, -0.1) is 0 Å². The maximum atomic E-state index is 6.10. The fourth-order valence-corrected chi connectivity index (χ4v) is 3.46. The van der Waals surface area contributed by atoms with Gasteiger partial charge in [0.15, 0.2) is 0 Å². The summed E-state index contributed by atoms with van der Waals surface area (Å²) in [6.45, 7) is 10.1. The summed E-state index contributed by atoms with van der Waals surface area (Å²) in [6, 6.07) is 1.02. The highest BCUT2D eigenvalue weighted by Crippen LogP contribution is 2.40. The fourth-order valence-electron chi connectivity index (χ4n) is 3.46. The van der Waals surface area contributed by atoms with E-state index in [9.17, 15) is 0 Å². The minimum atomic E-state index is 0.338. The molecule has 2 unspecified atom stereocenters. The number of hydrogen-bond donors (Lipinski definition) is 1. The smallest absolute Gasteiger partial charge is 0.0951 e. The van der Waals surface area contributed by atoms with E-state index in [1.807, 2.05) is 12.5 Å². The molecule has 4 heteroatoms. The van der Waals surface area contributed by atoms with Gasteiger partial charge in [0.25, 0.3) is 0 Å². The second-order valence-electron chi connectivity index (χ2n) is 7.56. The lowest BCUT2D eigenvalue weighted by Gasteiger charge is -2.30. The van der Waals surface area contributed by atoms with Gasteiger partial charge in [0, 0.05) is 25.3 Å². The number of nitrogens with two attached hydrogens (primary N) is 1. The molecule has 2 heterocycles. The first-order valence-corrected chi connectivity index (χ1v) is 7.96. The molecule has 2 atom stereocenters. The molecule has 1 saturated heterocycles. The van der Waals surface area contributed by atoms with Crippen molar-refractivity contribution >= 4 is 0 Å². The Labute approximate surface area is 122 Å². The second kappa shape index (κ2) is 5.15. The molecular formula is C16H28N4. The predicted octanol–water partition coefficient (Wildman–Crippen LogP) is 2.59. The van der Waals surface area contributed by atoms with Gasteiger partial charge in [-0.3, -0.25) is 4.90 Å². The van der Waals surface area contributed by atoms with E-state index in [0.29, 0.717) is 24.0 Å². The maximum absolute atomic E-state index is 6.10. The highest BCUT2D eigenvalue weighted by atomic mass is 15.2. The average Bonchev–Trinajstić information content (AvgIpc) is 2.91. The molecule has 1 aliphatic carbocycles. The first kappa shape index (κ1) is 14.1. The molecule has 2 aliphatic rings. The fraction of sp³-hybridized carbons (Fsp3) is 0.812. The van der Waals surface area contributed by atoms with E-state index in [4.69, 9.17) is 5.73 Å². The van der Waals surface area contributed by atoms with Gasteiger partial charge >= 0.3 is 0 Å². The molecular weight excluding hydrogens is 248 g/mol. The monoisotopic (exact) mass is 276 g/mol. The molecule has 3 rings (SSSR count). The summed E-state index contributed by atoms with van der Waals surface area (Å²) in [5.74, 6) is 0.772. The predicted molar refractivity (Wildman–Crippen MR) is 81.4 cm³/mol. The van der Waals surface area contributed by atoms with Crippen LogP contribution in [0.1, 0.15) is 57.8 Å². The van der Waals surface area contributed by atoms with Gasteiger partial charge in [-0.25, -0.2) is 4.98 Å². The summed E-state index contributed by atoms with van der Waals surface area (Å²) in [4.78, 5) is 6.95. The van der Waals surface area contributed by atoms with Crippen LogP contribution in [0.5, 0.6) is 0 Å². The van der Waals surface area contributed by atoms with Gasteiger partial charge in [0.1, 0.15) is 0 Å². The van der Waals surface area contributed by atoms with Crippen LogP contribution in [-0.4, -0.2) is 34.1 Å². The van der Waals surface area contributed by atoms with Crippen molar-refractivity contribution in [3.8, 4) is 0 Å². The quantitative estimate of drug-likeness (QED) is 0.919. The molecule has 1 aromatic rings. The minimum absolute atomic E-state index is 0.338. The van der Waals surface area contributed by atoms with Crippen molar-refractivity contribution in [3.63, 3.8) is 0 Å². The van der Waals surface area contributed by atoms with Crippen LogP contribution in [0, 0.1) is 11.3 Å². The normalized spacial score (nSPS) is 26.1. The summed E-state index contributed by atoms with van der Waals surface area (Å²) in [5, 5.41) is 0. The maximum Gasteiger partial charge on any atom is 0.0951 e. The van der Waals surface area contributed by atoms with Crippen molar-refractivity contribution < 1.29 is 0 Å². The Bertz CT molecular complexity index is 455. The molecule has 2 N–H and O–H groups in total. The van der Waals surface area contributed by atoms with E-state index in [2.05, 4.69) is 35.2 Å². The summed E-state index contributed by atoms with van der Waals surface area (Å²) < 4.78 is 2.36. The Kier molecular flexibility index (Phi) is 3.63. The largest absolute Gasteiger partial charge is 0.330 e. The summed E-state index contributed by atoms with van der Waals surface area (Å²) >= 11 is 0. The Morgan fingerprint density at radius 2 is 2.10 bits per heavy atom. The van der Waals surface area contributed by atoms with Gasteiger partial charge < -0.3 is 10.3 Å². The van der Waals surface area contributed by atoms with Gasteiger partial charge in [-0.2, -0.15) is 0 Å². The molecule has 1 aliphatic heterocycles. The van der Waals surface area contributed by atoms with Gasteiger partial charge in [-0.05, 0) is 37.1 Å². The highest BCUT2D eigenvalue weighted by Gasteiger charge is 2.36. The number of rotatable bonds is 4. The number of imidazole rings is 1. The van der Waals surface area contributed by atoms with E-state index in [-0.39, 0.29) is 0 Å². The SMILES string of the molecule is CC(C)(C)C1CCN(C(CN)c2cncn2C2CC2)C1. The minimum Gasteiger partial charge on any atom is -0.330 e. The van der Waals surface area contributed by atoms with E-state index >= 15 is 0 Å². The van der Waals surface area contributed by atoms with Crippen molar-refractivity contribution in [3.05, 3.63) is 18.2 Å². The molecule has 0 aromatic carbocycles. The second-order valence-corrected chi connectivity index (χ2v) is 7.56. The Balaban J connectivity index is 1.75. The third-order valence-corrected chi connectivity index (χ3v) is 5.09. The molecule has 1 saturated carbocycles.